The van der Waals surface area contributed by atoms with Gasteiger partial charge in [0.25, 0.3) is 0 Å². The van der Waals surface area contributed by atoms with Gasteiger partial charge >= 0.3 is 5.97 Å². The highest BCUT2D eigenvalue weighted by Gasteiger charge is 2.25. The molecule has 8 heteroatoms. The Morgan fingerprint density at radius 1 is 1.33 bits per heavy atom. The summed E-state index contributed by atoms with van der Waals surface area (Å²) in [5.41, 5.74) is 0.965. The number of hydrogen-bond acceptors (Lipinski definition) is 4. The Labute approximate surface area is 162 Å². The van der Waals surface area contributed by atoms with Crippen LogP contribution in [0.5, 0.6) is 5.75 Å². The topological polar surface area (TPSA) is 84.7 Å². The Balaban J connectivity index is 1.60. The number of para-hydroxylation sites is 1. The van der Waals surface area contributed by atoms with Gasteiger partial charge in [-0.3, -0.25) is 9.48 Å². The van der Waals surface area contributed by atoms with E-state index in [1.807, 2.05) is 24.0 Å². The molecule has 2 aromatic rings. The molecule has 0 bridgehead atoms. The number of carboxylic acid groups (broad SMARTS) is 1. The Kier molecular flexibility index (Phi) is 6.01. The zero-order chi connectivity index (χ0) is 19.4. The molecule has 2 heterocycles. The summed E-state index contributed by atoms with van der Waals surface area (Å²) in [6.07, 6.45) is 4.62. The number of carboxylic acids is 1. The average Bonchev–Trinajstić information content (AvgIpc) is 3.15. The summed E-state index contributed by atoms with van der Waals surface area (Å²) in [5.74, 6) is -0.383. The third kappa shape index (κ3) is 4.42. The molecule has 0 unspecified atom stereocenters. The van der Waals surface area contributed by atoms with Gasteiger partial charge in [-0.1, -0.05) is 23.7 Å². The number of likely N-dealkylation sites (tertiary alicyclic amines) is 1. The van der Waals surface area contributed by atoms with Crippen LogP contribution in [0.4, 0.5) is 0 Å². The van der Waals surface area contributed by atoms with Gasteiger partial charge in [0, 0.05) is 24.8 Å². The van der Waals surface area contributed by atoms with E-state index < -0.39 is 5.97 Å². The summed E-state index contributed by atoms with van der Waals surface area (Å²) in [4.78, 5) is 25.5. The van der Waals surface area contributed by atoms with Gasteiger partial charge in [-0.15, -0.1) is 0 Å². The van der Waals surface area contributed by atoms with Crippen LogP contribution >= 0.6 is 11.6 Å². The van der Waals surface area contributed by atoms with Crippen molar-refractivity contribution in [1.82, 2.24) is 14.7 Å². The van der Waals surface area contributed by atoms with Crippen LogP contribution in [0.15, 0.2) is 30.6 Å². The van der Waals surface area contributed by atoms with Crippen LogP contribution in [0.1, 0.15) is 41.7 Å². The molecule has 0 atom stereocenters. The van der Waals surface area contributed by atoms with Gasteiger partial charge in [0.15, 0.2) is 0 Å². The highest BCUT2D eigenvalue weighted by Crippen LogP contribution is 2.30. The molecular weight excluding hydrogens is 370 g/mol. The van der Waals surface area contributed by atoms with E-state index in [0.29, 0.717) is 30.5 Å². The first kappa shape index (κ1) is 19.2. The second-order valence-corrected chi connectivity index (χ2v) is 6.87. The maximum absolute atomic E-state index is 12.7. The van der Waals surface area contributed by atoms with Crippen LogP contribution in [0.25, 0.3) is 0 Å². The SMILES string of the molecule is CCOc1c(Cl)cccc1CC(=O)N1CCC(n2cc(C(=O)O)cn2)CC1. The molecule has 0 radical (unpaired) electrons. The Morgan fingerprint density at radius 2 is 2.07 bits per heavy atom. The van der Waals surface area contributed by atoms with Crippen molar-refractivity contribution < 1.29 is 19.4 Å². The van der Waals surface area contributed by atoms with Crippen LogP contribution in [0.3, 0.4) is 0 Å². The summed E-state index contributed by atoms with van der Waals surface area (Å²) in [6, 6.07) is 5.53. The number of nitrogens with zero attached hydrogens (tertiary/aromatic N) is 3. The van der Waals surface area contributed by atoms with Crippen molar-refractivity contribution in [2.45, 2.75) is 32.2 Å². The summed E-state index contributed by atoms with van der Waals surface area (Å²) in [5, 5.41) is 13.7. The van der Waals surface area contributed by atoms with Crippen molar-refractivity contribution in [2.75, 3.05) is 19.7 Å². The standard InChI is InChI=1S/C19H22ClN3O4/c1-2-27-18-13(4-3-5-16(18)20)10-17(24)22-8-6-15(7-9-22)23-12-14(11-21-23)19(25)26/h3-5,11-12,15H,2,6-10H2,1H3,(H,25,26). The number of hydrogen-bond donors (Lipinski definition) is 1. The number of carbonyl (C=O) groups excluding carboxylic acids is 1. The van der Waals surface area contributed by atoms with Gasteiger partial charge in [-0.05, 0) is 25.8 Å². The second-order valence-electron chi connectivity index (χ2n) is 6.46. The lowest BCUT2D eigenvalue weighted by molar-refractivity contribution is -0.131. The number of amides is 1. The van der Waals surface area contributed by atoms with Gasteiger partial charge < -0.3 is 14.7 Å². The van der Waals surface area contributed by atoms with Crippen molar-refractivity contribution >= 4 is 23.5 Å². The fourth-order valence-electron chi connectivity index (χ4n) is 3.30. The molecule has 0 spiro atoms. The Morgan fingerprint density at radius 3 is 2.70 bits per heavy atom. The van der Waals surface area contributed by atoms with Gasteiger partial charge in [-0.25, -0.2) is 4.79 Å². The maximum atomic E-state index is 12.7. The lowest BCUT2D eigenvalue weighted by atomic mass is 10.0. The van der Waals surface area contributed by atoms with Crippen molar-refractivity contribution in [3.05, 3.63) is 46.7 Å². The predicted octanol–water partition coefficient (Wildman–Crippen LogP) is 3.04. The molecule has 0 aliphatic carbocycles. The largest absolute Gasteiger partial charge is 0.492 e. The molecular formula is C19H22ClN3O4. The van der Waals surface area contributed by atoms with Crippen molar-refractivity contribution in [2.24, 2.45) is 0 Å². The average molecular weight is 392 g/mol. The molecule has 1 fully saturated rings. The normalized spacial score (nSPS) is 15.0. The summed E-state index contributed by atoms with van der Waals surface area (Å²) >= 11 is 6.19. The Bertz CT molecular complexity index is 828. The summed E-state index contributed by atoms with van der Waals surface area (Å²) in [6.45, 7) is 3.58. The van der Waals surface area contributed by atoms with Gasteiger partial charge in [0.1, 0.15) is 5.75 Å². The van der Waals surface area contributed by atoms with E-state index in [2.05, 4.69) is 5.10 Å². The van der Waals surface area contributed by atoms with E-state index in [4.69, 9.17) is 21.4 Å². The number of ether oxygens (including phenoxy) is 1. The van der Waals surface area contributed by atoms with Crippen LogP contribution in [0, 0.1) is 0 Å². The molecule has 0 saturated carbocycles. The third-order valence-corrected chi connectivity index (χ3v) is 5.02. The lowest BCUT2D eigenvalue weighted by Crippen LogP contribution is -2.40. The maximum Gasteiger partial charge on any atom is 0.338 e. The van der Waals surface area contributed by atoms with Gasteiger partial charge in [0.05, 0.1) is 35.9 Å². The fraction of sp³-hybridized carbons (Fsp3) is 0.421. The zero-order valence-corrected chi connectivity index (χ0v) is 15.9. The molecule has 1 amide bonds. The fourth-order valence-corrected chi connectivity index (χ4v) is 3.55. The predicted molar refractivity (Wildman–Crippen MR) is 100 cm³/mol. The monoisotopic (exact) mass is 391 g/mol. The first-order chi connectivity index (χ1) is 13.0. The van der Waals surface area contributed by atoms with E-state index in [0.717, 1.165) is 18.4 Å². The minimum absolute atomic E-state index is 0.0309. The molecule has 3 rings (SSSR count). The molecule has 1 aliphatic heterocycles. The van der Waals surface area contributed by atoms with Crippen LogP contribution in [-0.4, -0.2) is 51.4 Å². The van der Waals surface area contributed by atoms with Crippen LogP contribution in [-0.2, 0) is 11.2 Å². The van der Waals surface area contributed by atoms with E-state index >= 15 is 0 Å². The summed E-state index contributed by atoms with van der Waals surface area (Å²) < 4.78 is 7.28. The van der Waals surface area contributed by atoms with Crippen molar-refractivity contribution in [1.29, 1.82) is 0 Å². The first-order valence-electron chi connectivity index (χ1n) is 8.95. The molecule has 27 heavy (non-hydrogen) atoms. The lowest BCUT2D eigenvalue weighted by Gasteiger charge is -2.32. The minimum Gasteiger partial charge on any atom is -0.492 e. The number of rotatable bonds is 6. The quantitative estimate of drug-likeness (QED) is 0.818. The number of aromatic nitrogens is 2. The highest BCUT2D eigenvalue weighted by atomic mass is 35.5. The van der Waals surface area contributed by atoms with Crippen molar-refractivity contribution in [3.8, 4) is 5.75 Å². The smallest absolute Gasteiger partial charge is 0.338 e. The van der Waals surface area contributed by atoms with E-state index in [9.17, 15) is 9.59 Å². The van der Waals surface area contributed by atoms with Crippen molar-refractivity contribution in [3.63, 3.8) is 0 Å². The molecule has 1 aromatic carbocycles. The molecule has 1 saturated heterocycles. The summed E-state index contributed by atoms with van der Waals surface area (Å²) in [7, 11) is 0. The molecule has 144 valence electrons. The van der Waals surface area contributed by atoms with Crippen LogP contribution in [0.2, 0.25) is 5.02 Å². The molecule has 1 N–H and O–H groups in total. The number of benzene rings is 1. The minimum atomic E-state index is -0.986. The third-order valence-electron chi connectivity index (χ3n) is 4.72. The molecule has 1 aromatic heterocycles. The van der Waals surface area contributed by atoms with Gasteiger partial charge in [0.2, 0.25) is 5.91 Å². The Hall–Kier alpha value is -2.54. The van der Waals surface area contributed by atoms with Crippen LogP contribution < -0.4 is 4.74 Å². The first-order valence-corrected chi connectivity index (χ1v) is 9.32. The highest BCUT2D eigenvalue weighted by molar-refractivity contribution is 6.32. The van der Waals surface area contributed by atoms with Gasteiger partial charge in [-0.2, -0.15) is 5.10 Å². The van der Waals surface area contributed by atoms with E-state index in [1.165, 1.54) is 6.20 Å². The number of piperidine rings is 1. The second kappa shape index (κ2) is 8.43. The van der Waals surface area contributed by atoms with E-state index in [-0.39, 0.29) is 23.9 Å². The molecule has 7 nitrogen and oxygen atoms in total. The number of halogens is 1. The zero-order valence-electron chi connectivity index (χ0n) is 15.1. The number of aromatic carboxylic acids is 1. The number of carbonyl (C=O) groups is 2. The molecule has 1 aliphatic rings. The van der Waals surface area contributed by atoms with E-state index in [1.54, 1.807) is 16.9 Å².